The van der Waals surface area contributed by atoms with Crippen molar-refractivity contribution in [2.24, 2.45) is 0 Å². The molecule has 1 amide bonds. The van der Waals surface area contributed by atoms with Crippen LogP contribution in [0.4, 0.5) is 0 Å². The highest BCUT2D eigenvalue weighted by atomic mass is 32.2. The highest BCUT2D eigenvalue weighted by Gasteiger charge is 2.23. The van der Waals surface area contributed by atoms with Crippen LogP contribution in [0.25, 0.3) is 5.69 Å². The number of aromatic nitrogens is 4. The van der Waals surface area contributed by atoms with Gasteiger partial charge in [0.15, 0.2) is 5.16 Å². The molecule has 3 heterocycles. The third-order valence-corrected chi connectivity index (χ3v) is 7.24. The number of benzene rings is 1. The van der Waals surface area contributed by atoms with Crippen molar-refractivity contribution in [2.75, 3.05) is 31.9 Å². The molecule has 1 aromatic carbocycles. The SMILES string of the molecule is Cc1ccc(C)c(-n2c(C)nnc2SCC(=O)N2CCN(Cc3csc(C)n3)CC2)c1. The molecule has 0 atom stereocenters. The van der Waals surface area contributed by atoms with E-state index in [2.05, 4.69) is 57.5 Å². The molecule has 7 nitrogen and oxygen atoms in total. The van der Waals surface area contributed by atoms with Gasteiger partial charge in [-0.25, -0.2) is 4.98 Å². The molecule has 2 aromatic heterocycles. The predicted octanol–water partition coefficient (Wildman–Crippen LogP) is 3.39. The Morgan fingerprint density at radius 2 is 1.87 bits per heavy atom. The van der Waals surface area contributed by atoms with Crippen molar-refractivity contribution in [2.45, 2.75) is 39.4 Å². The zero-order valence-corrected chi connectivity index (χ0v) is 20.1. The fraction of sp³-hybridized carbons (Fsp3) is 0.455. The van der Waals surface area contributed by atoms with Gasteiger partial charge in [-0.2, -0.15) is 0 Å². The first-order chi connectivity index (χ1) is 14.9. The summed E-state index contributed by atoms with van der Waals surface area (Å²) in [6.07, 6.45) is 0. The van der Waals surface area contributed by atoms with Crippen LogP contribution in [-0.4, -0.2) is 67.4 Å². The first kappa shape index (κ1) is 22.0. The number of thiazole rings is 1. The molecule has 31 heavy (non-hydrogen) atoms. The summed E-state index contributed by atoms with van der Waals surface area (Å²) >= 11 is 3.15. The second-order valence-corrected chi connectivity index (χ2v) is 9.96. The fourth-order valence-electron chi connectivity index (χ4n) is 3.76. The van der Waals surface area contributed by atoms with Gasteiger partial charge in [0.2, 0.25) is 5.91 Å². The van der Waals surface area contributed by atoms with Crippen molar-refractivity contribution in [3.05, 3.63) is 51.2 Å². The van der Waals surface area contributed by atoms with Gasteiger partial charge in [0.05, 0.1) is 22.1 Å². The molecule has 1 fully saturated rings. The van der Waals surface area contributed by atoms with E-state index < -0.39 is 0 Å². The number of thioether (sulfide) groups is 1. The summed E-state index contributed by atoms with van der Waals surface area (Å²) in [5.74, 6) is 1.35. The Kier molecular flexibility index (Phi) is 6.74. The van der Waals surface area contributed by atoms with Crippen LogP contribution >= 0.6 is 23.1 Å². The molecule has 4 rings (SSSR count). The van der Waals surface area contributed by atoms with E-state index in [0.29, 0.717) is 5.75 Å². The first-order valence-corrected chi connectivity index (χ1v) is 12.3. The number of hydrogen-bond acceptors (Lipinski definition) is 7. The smallest absolute Gasteiger partial charge is 0.233 e. The van der Waals surface area contributed by atoms with Gasteiger partial charge in [-0.15, -0.1) is 21.5 Å². The fourth-order valence-corrected chi connectivity index (χ4v) is 5.25. The van der Waals surface area contributed by atoms with Gasteiger partial charge < -0.3 is 4.90 Å². The van der Waals surface area contributed by atoms with Crippen molar-refractivity contribution >= 4 is 29.0 Å². The van der Waals surface area contributed by atoms with Gasteiger partial charge in [-0.3, -0.25) is 14.3 Å². The zero-order chi connectivity index (χ0) is 22.0. The van der Waals surface area contributed by atoms with E-state index in [1.807, 2.05) is 23.3 Å². The van der Waals surface area contributed by atoms with Crippen LogP contribution in [0.15, 0.2) is 28.7 Å². The second-order valence-electron chi connectivity index (χ2n) is 7.96. The molecule has 1 aliphatic rings. The first-order valence-electron chi connectivity index (χ1n) is 10.4. The van der Waals surface area contributed by atoms with Crippen LogP contribution in [0, 0.1) is 27.7 Å². The second kappa shape index (κ2) is 9.50. The van der Waals surface area contributed by atoms with E-state index in [1.54, 1.807) is 11.3 Å². The van der Waals surface area contributed by atoms with Crippen LogP contribution in [0.3, 0.4) is 0 Å². The minimum absolute atomic E-state index is 0.155. The van der Waals surface area contributed by atoms with E-state index >= 15 is 0 Å². The molecule has 0 bridgehead atoms. The number of hydrogen-bond donors (Lipinski definition) is 0. The maximum atomic E-state index is 12.8. The summed E-state index contributed by atoms with van der Waals surface area (Å²) < 4.78 is 2.05. The zero-order valence-electron chi connectivity index (χ0n) is 18.5. The molecule has 0 radical (unpaired) electrons. The van der Waals surface area contributed by atoms with Crippen molar-refractivity contribution in [3.8, 4) is 5.69 Å². The Hall–Kier alpha value is -2.23. The monoisotopic (exact) mass is 456 g/mol. The summed E-state index contributed by atoms with van der Waals surface area (Å²) in [4.78, 5) is 21.7. The van der Waals surface area contributed by atoms with Crippen molar-refractivity contribution < 1.29 is 4.79 Å². The standard InChI is InChI=1S/C22H28N6OS2/c1-15-5-6-16(2)20(11-15)28-17(3)24-25-22(28)31-14-21(29)27-9-7-26(8-10-27)12-19-13-30-18(4)23-19/h5-6,11,13H,7-10,12,14H2,1-4H3. The maximum Gasteiger partial charge on any atom is 0.233 e. The van der Waals surface area contributed by atoms with Gasteiger partial charge in [0, 0.05) is 38.1 Å². The van der Waals surface area contributed by atoms with Crippen LogP contribution in [0.1, 0.15) is 27.7 Å². The van der Waals surface area contributed by atoms with Crippen LogP contribution in [-0.2, 0) is 11.3 Å². The average Bonchev–Trinajstić information content (AvgIpc) is 3.33. The minimum atomic E-state index is 0.155. The summed E-state index contributed by atoms with van der Waals surface area (Å²) in [7, 11) is 0. The lowest BCUT2D eigenvalue weighted by atomic mass is 10.1. The quantitative estimate of drug-likeness (QED) is 0.530. The summed E-state index contributed by atoms with van der Waals surface area (Å²) in [5, 5.41) is 12.6. The van der Waals surface area contributed by atoms with Crippen LogP contribution < -0.4 is 0 Å². The third-order valence-electron chi connectivity index (χ3n) is 5.50. The lowest BCUT2D eigenvalue weighted by molar-refractivity contribution is -0.130. The number of aryl methyl sites for hydroxylation is 4. The summed E-state index contributed by atoms with van der Waals surface area (Å²) in [6, 6.07) is 6.35. The van der Waals surface area contributed by atoms with Gasteiger partial charge in [-0.05, 0) is 44.9 Å². The number of carbonyl (C=O) groups is 1. The molecule has 1 saturated heterocycles. The number of rotatable bonds is 6. The van der Waals surface area contributed by atoms with Crippen molar-refractivity contribution in [1.82, 2.24) is 29.5 Å². The highest BCUT2D eigenvalue weighted by Crippen LogP contribution is 2.25. The molecule has 0 unspecified atom stereocenters. The number of nitrogens with zero attached hydrogens (tertiary/aromatic N) is 6. The molecular weight excluding hydrogens is 428 g/mol. The molecule has 1 aliphatic heterocycles. The van der Waals surface area contributed by atoms with E-state index in [-0.39, 0.29) is 5.91 Å². The summed E-state index contributed by atoms with van der Waals surface area (Å²) in [5.41, 5.74) is 4.54. The summed E-state index contributed by atoms with van der Waals surface area (Å²) in [6.45, 7) is 12.3. The Morgan fingerprint density at radius 3 is 2.58 bits per heavy atom. The molecule has 9 heteroatoms. The maximum absolute atomic E-state index is 12.8. The topological polar surface area (TPSA) is 67.2 Å². The number of carbonyl (C=O) groups excluding carboxylic acids is 1. The average molecular weight is 457 g/mol. The van der Waals surface area contributed by atoms with Gasteiger partial charge in [0.25, 0.3) is 0 Å². The Bertz CT molecular complexity index is 1070. The van der Waals surface area contributed by atoms with E-state index in [0.717, 1.165) is 65.7 Å². The van der Waals surface area contributed by atoms with Crippen LogP contribution in [0.2, 0.25) is 0 Å². The Morgan fingerprint density at radius 1 is 1.10 bits per heavy atom. The molecule has 0 saturated carbocycles. The highest BCUT2D eigenvalue weighted by molar-refractivity contribution is 7.99. The van der Waals surface area contributed by atoms with Gasteiger partial charge >= 0.3 is 0 Å². The molecule has 0 spiro atoms. The minimum Gasteiger partial charge on any atom is -0.339 e. The Labute approximate surface area is 191 Å². The molecule has 0 N–H and O–H groups in total. The number of piperazine rings is 1. The van der Waals surface area contributed by atoms with E-state index in [1.165, 1.54) is 17.3 Å². The van der Waals surface area contributed by atoms with Gasteiger partial charge in [-0.1, -0.05) is 23.9 Å². The number of amides is 1. The molecular formula is C22H28N6OS2. The lowest BCUT2D eigenvalue weighted by Crippen LogP contribution is -2.48. The normalized spacial score (nSPS) is 14.9. The molecule has 164 valence electrons. The lowest BCUT2D eigenvalue weighted by Gasteiger charge is -2.34. The van der Waals surface area contributed by atoms with Crippen LogP contribution in [0.5, 0.6) is 0 Å². The largest absolute Gasteiger partial charge is 0.339 e. The van der Waals surface area contributed by atoms with E-state index in [4.69, 9.17) is 0 Å². The Balaban J connectivity index is 1.34. The molecule has 3 aromatic rings. The predicted molar refractivity (Wildman–Crippen MR) is 125 cm³/mol. The van der Waals surface area contributed by atoms with Crippen molar-refractivity contribution in [1.29, 1.82) is 0 Å². The molecule has 0 aliphatic carbocycles. The van der Waals surface area contributed by atoms with Crippen molar-refractivity contribution in [3.63, 3.8) is 0 Å². The van der Waals surface area contributed by atoms with E-state index in [9.17, 15) is 4.79 Å². The van der Waals surface area contributed by atoms with Gasteiger partial charge in [0.1, 0.15) is 5.82 Å². The third kappa shape index (κ3) is 5.16.